The second kappa shape index (κ2) is 7.69. The molecule has 1 heterocycles. The van der Waals surface area contributed by atoms with E-state index in [2.05, 4.69) is 15.6 Å². The van der Waals surface area contributed by atoms with Gasteiger partial charge in [0.25, 0.3) is 0 Å². The number of hydrogen-bond donors (Lipinski definition) is 3. The number of nitrogens with one attached hydrogen (secondary N) is 2. The molecule has 0 saturated carbocycles. The number of aromatic nitrogens is 1. The van der Waals surface area contributed by atoms with E-state index in [1.807, 2.05) is 38.9 Å². The van der Waals surface area contributed by atoms with Crippen LogP contribution in [0.1, 0.15) is 20.3 Å². The van der Waals surface area contributed by atoms with Crippen LogP contribution in [0.3, 0.4) is 0 Å². The lowest BCUT2D eigenvalue weighted by molar-refractivity contribution is 0.227. The van der Waals surface area contributed by atoms with Crippen LogP contribution in [0.2, 0.25) is 0 Å². The Morgan fingerprint density at radius 3 is 2.55 bits per heavy atom. The molecular formula is C14H24N4O2. The highest BCUT2D eigenvalue weighted by Gasteiger charge is 2.15. The van der Waals surface area contributed by atoms with Gasteiger partial charge in [0.15, 0.2) is 0 Å². The van der Waals surface area contributed by atoms with E-state index in [1.165, 1.54) is 0 Å². The van der Waals surface area contributed by atoms with Gasteiger partial charge in [-0.1, -0.05) is 13.8 Å². The summed E-state index contributed by atoms with van der Waals surface area (Å²) in [4.78, 5) is 18.0. The Morgan fingerprint density at radius 1 is 1.40 bits per heavy atom. The van der Waals surface area contributed by atoms with Crippen molar-refractivity contribution in [3.63, 3.8) is 0 Å². The first-order chi connectivity index (χ1) is 9.43. The van der Waals surface area contributed by atoms with Gasteiger partial charge < -0.3 is 20.6 Å². The number of amides is 2. The van der Waals surface area contributed by atoms with Crippen LogP contribution in [0.15, 0.2) is 18.3 Å². The standard InChI is InChI=1S/C14H24N4O2/c1-10(2)12(7-8-19)17-14(20)16-11-5-6-13(15-9-11)18(3)4/h5-6,9-10,12,19H,7-8H2,1-4H3,(H2,16,17,20). The second-order valence-electron chi connectivity index (χ2n) is 5.26. The van der Waals surface area contributed by atoms with Gasteiger partial charge in [0, 0.05) is 26.7 Å². The minimum atomic E-state index is -0.281. The number of aliphatic hydroxyl groups is 1. The Hall–Kier alpha value is -1.82. The zero-order valence-corrected chi connectivity index (χ0v) is 12.6. The van der Waals surface area contributed by atoms with Crippen LogP contribution in [0.5, 0.6) is 0 Å². The van der Waals surface area contributed by atoms with E-state index in [9.17, 15) is 4.79 Å². The molecule has 1 rings (SSSR count). The minimum absolute atomic E-state index is 0.0472. The molecule has 0 bridgehead atoms. The summed E-state index contributed by atoms with van der Waals surface area (Å²) >= 11 is 0. The Balaban J connectivity index is 2.57. The lowest BCUT2D eigenvalue weighted by Crippen LogP contribution is -2.41. The van der Waals surface area contributed by atoms with Crippen molar-refractivity contribution in [1.29, 1.82) is 0 Å². The van der Waals surface area contributed by atoms with E-state index >= 15 is 0 Å². The van der Waals surface area contributed by atoms with E-state index in [-0.39, 0.29) is 24.6 Å². The van der Waals surface area contributed by atoms with Gasteiger partial charge in [0.2, 0.25) is 0 Å². The maximum Gasteiger partial charge on any atom is 0.319 e. The van der Waals surface area contributed by atoms with Gasteiger partial charge in [-0.25, -0.2) is 9.78 Å². The topological polar surface area (TPSA) is 77.5 Å². The first-order valence-electron chi connectivity index (χ1n) is 6.75. The largest absolute Gasteiger partial charge is 0.396 e. The van der Waals surface area contributed by atoms with E-state index in [1.54, 1.807) is 12.3 Å². The molecule has 1 aromatic rings. The summed E-state index contributed by atoms with van der Waals surface area (Å²) in [5, 5.41) is 14.6. The van der Waals surface area contributed by atoms with Crippen molar-refractivity contribution in [2.45, 2.75) is 26.3 Å². The normalized spacial score (nSPS) is 12.1. The molecule has 0 radical (unpaired) electrons. The molecule has 0 aliphatic rings. The molecule has 0 spiro atoms. The third kappa shape index (κ3) is 5.05. The summed E-state index contributed by atoms with van der Waals surface area (Å²) in [6.45, 7) is 4.07. The molecular weight excluding hydrogens is 256 g/mol. The summed E-state index contributed by atoms with van der Waals surface area (Å²) in [5.41, 5.74) is 0.639. The van der Waals surface area contributed by atoms with Gasteiger partial charge >= 0.3 is 6.03 Å². The first kappa shape index (κ1) is 16.2. The third-order valence-corrected chi connectivity index (χ3v) is 3.03. The number of carbonyl (C=O) groups is 1. The smallest absolute Gasteiger partial charge is 0.319 e. The van der Waals surface area contributed by atoms with Crippen LogP contribution in [-0.2, 0) is 0 Å². The Labute approximate surface area is 120 Å². The third-order valence-electron chi connectivity index (χ3n) is 3.03. The molecule has 6 nitrogen and oxygen atoms in total. The van der Waals surface area contributed by atoms with Gasteiger partial charge in [-0.15, -0.1) is 0 Å². The fourth-order valence-electron chi connectivity index (χ4n) is 1.77. The molecule has 0 aromatic carbocycles. The first-order valence-corrected chi connectivity index (χ1v) is 6.75. The Bertz CT molecular complexity index is 418. The molecule has 0 fully saturated rings. The van der Waals surface area contributed by atoms with E-state index in [0.717, 1.165) is 5.82 Å². The van der Waals surface area contributed by atoms with Gasteiger partial charge in [-0.2, -0.15) is 0 Å². The van der Waals surface area contributed by atoms with Crippen molar-refractivity contribution in [3.05, 3.63) is 18.3 Å². The number of aliphatic hydroxyl groups excluding tert-OH is 1. The maximum atomic E-state index is 11.9. The fraction of sp³-hybridized carbons (Fsp3) is 0.571. The fourth-order valence-corrected chi connectivity index (χ4v) is 1.77. The lowest BCUT2D eigenvalue weighted by atomic mass is 10.0. The van der Waals surface area contributed by atoms with Crippen LogP contribution in [0, 0.1) is 5.92 Å². The molecule has 112 valence electrons. The minimum Gasteiger partial charge on any atom is -0.396 e. The SMILES string of the molecule is CC(C)C(CCO)NC(=O)Nc1ccc(N(C)C)nc1. The zero-order chi connectivity index (χ0) is 15.1. The van der Waals surface area contributed by atoms with E-state index in [4.69, 9.17) is 5.11 Å². The Kier molecular flexibility index (Phi) is 6.24. The van der Waals surface area contributed by atoms with Crippen molar-refractivity contribution in [1.82, 2.24) is 10.3 Å². The molecule has 0 aliphatic carbocycles. The van der Waals surface area contributed by atoms with Crippen molar-refractivity contribution in [2.75, 3.05) is 30.9 Å². The van der Waals surface area contributed by atoms with Crippen molar-refractivity contribution in [3.8, 4) is 0 Å². The van der Waals surface area contributed by atoms with Gasteiger partial charge in [0.05, 0.1) is 11.9 Å². The zero-order valence-electron chi connectivity index (χ0n) is 12.6. The predicted molar refractivity (Wildman–Crippen MR) is 81.0 cm³/mol. The highest BCUT2D eigenvalue weighted by atomic mass is 16.3. The number of urea groups is 1. The highest BCUT2D eigenvalue weighted by molar-refractivity contribution is 5.89. The molecule has 1 atom stereocenters. The number of carbonyl (C=O) groups excluding carboxylic acids is 1. The molecule has 1 unspecified atom stereocenters. The number of pyridine rings is 1. The number of anilines is 2. The summed E-state index contributed by atoms with van der Waals surface area (Å²) < 4.78 is 0. The van der Waals surface area contributed by atoms with Crippen LogP contribution in [0.25, 0.3) is 0 Å². The second-order valence-corrected chi connectivity index (χ2v) is 5.26. The van der Waals surface area contributed by atoms with E-state index < -0.39 is 0 Å². The van der Waals surface area contributed by atoms with Crippen LogP contribution in [0.4, 0.5) is 16.3 Å². The Morgan fingerprint density at radius 2 is 2.10 bits per heavy atom. The molecule has 0 saturated heterocycles. The number of hydrogen-bond acceptors (Lipinski definition) is 4. The molecule has 2 amide bonds. The van der Waals surface area contributed by atoms with E-state index in [0.29, 0.717) is 12.1 Å². The molecule has 3 N–H and O–H groups in total. The van der Waals surface area contributed by atoms with Gasteiger partial charge in [0.1, 0.15) is 5.82 Å². The van der Waals surface area contributed by atoms with Gasteiger partial charge in [-0.3, -0.25) is 0 Å². The van der Waals surface area contributed by atoms with Crippen LogP contribution >= 0.6 is 0 Å². The summed E-state index contributed by atoms with van der Waals surface area (Å²) in [7, 11) is 3.81. The number of rotatable bonds is 6. The quantitative estimate of drug-likeness (QED) is 0.741. The lowest BCUT2D eigenvalue weighted by Gasteiger charge is -2.21. The average molecular weight is 280 g/mol. The predicted octanol–water partition coefficient (Wildman–Crippen LogP) is 1.68. The van der Waals surface area contributed by atoms with Gasteiger partial charge in [-0.05, 0) is 24.5 Å². The summed E-state index contributed by atoms with van der Waals surface area (Å²) in [5.74, 6) is 1.10. The molecule has 20 heavy (non-hydrogen) atoms. The van der Waals surface area contributed by atoms with Crippen molar-refractivity contribution in [2.24, 2.45) is 5.92 Å². The summed E-state index contributed by atoms with van der Waals surface area (Å²) in [6.07, 6.45) is 2.16. The molecule has 1 aromatic heterocycles. The van der Waals surface area contributed by atoms with Crippen molar-refractivity contribution < 1.29 is 9.90 Å². The monoisotopic (exact) mass is 280 g/mol. The van der Waals surface area contributed by atoms with Crippen LogP contribution in [-0.4, -0.2) is 42.9 Å². The average Bonchev–Trinajstić information content (AvgIpc) is 2.38. The molecule has 0 aliphatic heterocycles. The molecule has 6 heteroatoms. The summed E-state index contributed by atoms with van der Waals surface area (Å²) in [6, 6.07) is 3.31. The van der Waals surface area contributed by atoms with Crippen LogP contribution < -0.4 is 15.5 Å². The highest BCUT2D eigenvalue weighted by Crippen LogP contribution is 2.12. The van der Waals surface area contributed by atoms with Crippen molar-refractivity contribution >= 4 is 17.5 Å². The number of nitrogens with zero attached hydrogens (tertiary/aromatic N) is 2. The maximum absolute atomic E-state index is 11.9.